The Hall–Kier alpha value is -0.0400. The lowest BCUT2D eigenvalue weighted by Gasteiger charge is -2.42. The molecule has 0 aromatic carbocycles. The first-order chi connectivity index (χ1) is 6.45. The van der Waals surface area contributed by atoms with Gasteiger partial charge in [0, 0.05) is 6.04 Å². The third-order valence-electron chi connectivity index (χ3n) is 3.80. The van der Waals surface area contributed by atoms with E-state index in [1.807, 2.05) is 0 Å². The third-order valence-corrected chi connectivity index (χ3v) is 3.80. The minimum Gasteiger partial charge on any atom is -0.314 e. The lowest BCUT2D eigenvalue weighted by Crippen LogP contribution is -2.41. The lowest BCUT2D eigenvalue weighted by atomic mass is 9.66. The largest absolute Gasteiger partial charge is 0.314 e. The summed E-state index contributed by atoms with van der Waals surface area (Å²) in [5.41, 5.74) is 0.480. The molecule has 0 aromatic rings. The van der Waals surface area contributed by atoms with Gasteiger partial charge in [0.2, 0.25) is 0 Å². The van der Waals surface area contributed by atoms with E-state index in [1.54, 1.807) is 0 Å². The van der Waals surface area contributed by atoms with Crippen LogP contribution >= 0.6 is 0 Å². The zero-order valence-electron chi connectivity index (χ0n) is 10.6. The molecule has 1 aliphatic rings. The first-order valence-corrected chi connectivity index (χ1v) is 6.18. The van der Waals surface area contributed by atoms with E-state index in [-0.39, 0.29) is 0 Å². The number of rotatable bonds is 2. The molecule has 3 atom stereocenters. The van der Waals surface area contributed by atoms with Crippen LogP contribution in [0.25, 0.3) is 0 Å². The predicted octanol–water partition coefficient (Wildman–Crippen LogP) is 3.45. The van der Waals surface area contributed by atoms with E-state index in [0.29, 0.717) is 5.41 Å². The maximum atomic E-state index is 3.61. The van der Waals surface area contributed by atoms with Crippen LogP contribution in [0.15, 0.2) is 0 Å². The van der Waals surface area contributed by atoms with Gasteiger partial charge in [0.1, 0.15) is 0 Å². The Balaban J connectivity index is 2.55. The van der Waals surface area contributed by atoms with Gasteiger partial charge in [-0.3, -0.25) is 0 Å². The van der Waals surface area contributed by atoms with Crippen molar-refractivity contribution < 1.29 is 0 Å². The summed E-state index contributed by atoms with van der Waals surface area (Å²) in [5, 5.41) is 3.61. The van der Waals surface area contributed by atoms with Crippen molar-refractivity contribution >= 4 is 0 Å². The molecule has 84 valence electrons. The van der Waals surface area contributed by atoms with Crippen LogP contribution in [-0.4, -0.2) is 12.6 Å². The Morgan fingerprint density at radius 3 is 2.36 bits per heavy atom. The molecule has 1 N–H and O–H groups in total. The molecule has 0 aliphatic heterocycles. The SMILES string of the molecule is CCNC1CCC(C)C(C(C)(C)C)C1. The van der Waals surface area contributed by atoms with Gasteiger partial charge in [-0.25, -0.2) is 0 Å². The van der Waals surface area contributed by atoms with Crippen molar-refractivity contribution in [1.82, 2.24) is 5.32 Å². The highest BCUT2D eigenvalue weighted by atomic mass is 14.9. The fourth-order valence-corrected chi connectivity index (χ4v) is 3.00. The fraction of sp³-hybridized carbons (Fsp3) is 1.00. The summed E-state index contributed by atoms with van der Waals surface area (Å²) < 4.78 is 0. The summed E-state index contributed by atoms with van der Waals surface area (Å²) in [7, 11) is 0. The Morgan fingerprint density at radius 1 is 1.21 bits per heavy atom. The van der Waals surface area contributed by atoms with Gasteiger partial charge in [0.15, 0.2) is 0 Å². The number of nitrogens with one attached hydrogen (secondary N) is 1. The lowest BCUT2D eigenvalue weighted by molar-refractivity contribution is 0.0987. The van der Waals surface area contributed by atoms with E-state index in [0.717, 1.165) is 24.4 Å². The normalized spacial score (nSPS) is 34.5. The Bertz CT molecular complexity index is 169. The zero-order chi connectivity index (χ0) is 10.8. The second-order valence-electron chi connectivity index (χ2n) is 6.02. The second-order valence-corrected chi connectivity index (χ2v) is 6.02. The maximum Gasteiger partial charge on any atom is 0.00699 e. The standard InChI is InChI=1S/C13H27N/c1-6-14-11-8-7-10(2)12(9-11)13(3,4)5/h10-12,14H,6-9H2,1-5H3. The third kappa shape index (κ3) is 2.98. The van der Waals surface area contributed by atoms with Crippen LogP contribution in [0.4, 0.5) is 0 Å². The van der Waals surface area contributed by atoms with Crippen molar-refractivity contribution in [3.05, 3.63) is 0 Å². The van der Waals surface area contributed by atoms with Crippen LogP contribution in [0.1, 0.15) is 53.9 Å². The van der Waals surface area contributed by atoms with Crippen LogP contribution in [0, 0.1) is 17.3 Å². The van der Waals surface area contributed by atoms with Crippen LogP contribution in [-0.2, 0) is 0 Å². The highest BCUT2D eigenvalue weighted by Gasteiger charge is 2.34. The van der Waals surface area contributed by atoms with Gasteiger partial charge in [-0.05, 0) is 43.1 Å². The van der Waals surface area contributed by atoms with Crippen LogP contribution in [0.5, 0.6) is 0 Å². The monoisotopic (exact) mass is 197 g/mol. The van der Waals surface area contributed by atoms with Crippen LogP contribution < -0.4 is 5.32 Å². The molecule has 14 heavy (non-hydrogen) atoms. The van der Waals surface area contributed by atoms with Gasteiger partial charge in [0.05, 0.1) is 0 Å². The summed E-state index contributed by atoms with van der Waals surface area (Å²) in [4.78, 5) is 0. The van der Waals surface area contributed by atoms with E-state index in [4.69, 9.17) is 0 Å². The van der Waals surface area contributed by atoms with Crippen molar-refractivity contribution in [3.63, 3.8) is 0 Å². The van der Waals surface area contributed by atoms with Gasteiger partial charge in [-0.2, -0.15) is 0 Å². The molecular formula is C13H27N. The van der Waals surface area contributed by atoms with Crippen molar-refractivity contribution in [2.45, 2.75) is 59.9 Å². The smallest absolute Gasteiger partial charge is 0.00699 e. The molecule has 0 heterocycles. The van der Waals surface area contributed by atoms with Gasteiger partial charge < -0.3 is 5.32 Å². The predicted molar refractivity (Wildman–Crippen MR) is 63.4 cm³/mol. The van der Waals surface area contributed by atoms with E-state index < -0.39 is 0 Å². The highest BCUT2D eigenvalue weighted by Crippen LogP contribution is 2.41. The van der Waals surface area contributed by atoms with Gasteiger partial charge in [-0.1, -0.05) is 34.6 Å². The number of hydrogen-bond acceptors (Lipinski definition) is 1. The minimum absolute atomic E-state index is 0.480. The summed E-state index contributed by atoms with van der Waals surface area (Å²) in [6, 6.07) is 0.778. The Labute approximate surface area is 89.7 Å². The Morgan fingerprint density at radius 2 is 1.86 bits per heavy atom. The summed E-state index contributed by atoms with van der Waals surface area (Å²) in [6.07, 6.45) is 4.15. The van der Waals surface area contributed by atoms with E-state index >= 15 is 0 Å². The van der Waals surface area contributed by atoms with Crippen molar-refractivity contribution in [1.29, 1.82) is 0 Å². The van der Waals surface area contributed by atoms with Crippen LogP contribution in [0.3, 0.4) is 0 Å². The second kappa shape index (κ2) is 4.65. The average Bonchev–Trinajstić information content (AvgIpc) is 2.07. The summed E-state index contributed by atoms with van der Waals surface area (Å²) in [5.74, 6) is 1.80. The van der Waals surface area contributed by atoms with Crippen LogP contribution in [0.2, 0.25) is 0 Å². The van der Waals surface area contributed by atoms with E-state index in [2.05, 4.69) is 39.9 Å². The molecule has 1 fully saturated rings. The quantitative estimate of drug-likeness (QED) is 0.715. The van der Waals surface area contributed by atoms with Gasteiger partial charge in [0.25, 0.3) is 0 Å². The molecule has 0 bridgehead atoms. The average molecular weight is 197 g/mol. The highest BCUT2D eigenvalue weighted by molar-refractivity contribution is 4.87. The molecule has 0 radical (unpaired) electrons. The summed E-state index contributed by atoms with van der Waals surface area (Å²) in [6.45, 7) is 12.9. The maximum absolute atomic E-state index is 3.61. The molecule has 1 heteroatoms. The molecule has 1 aliphatic carbocycles. The fourth-order valence-electron chi connectivity index (χ4n) is 3.00. The molecule has 1 nitrogen and oxygen atoms in total. The number of hydrogen-bond donors (Lipinski definition) is 1. The molecule has 0 spiro atoms. The summed E-state index contributed by atoms with van der Waals surface area (Å²) >= 11 is 0. The molecule has 0 aromatic heterocycles. The molecular weight excluding hydrogens is 170 g/mol. The van der Waals surface area contributed by atoms with Gasteiger partial charge in [-0.15, -0.1) is 0 Å². The molecule has 1 saturated carbocycles. The molecule has 1 rings (SSSR count). The van der Waals surface area contributed by atoms with Crippen molar-refractivity contribution in [2.24, 2.45) is 17.3 Å². The van der Waals surface area contributed by atoms with Gasteiger partial charge >= 0.3 is 0 Å². The Kier molecular flexibility index (Phi) is 4.00. The topological polar surface area (TPSA) is 12.0 Å². The van der Waals surface area contributed by atoms with Crippen molar-refractivity contribution in [3.8, 4) is 0 Å². The minimum atomic E-state index is 0.480. The molecule has 0 amide bonds. The molecule has 0 saturated heterocycles. The van der Waals surface area contributed by atoms with E-state index in [9.17, 15) is 0 Å². The van der Waals surface area contributed by atoms with E-state index in [1.165, 1.54) is 19.3 Å². The zero-order valence-corrected chi connectivity index (χ0v) is 10.6. The first-order valence-electron chi connectivity index (χ1n) is 6.18. The first kappa shape index (κ1) is 12.0. The van der Waals surface area contributed by atoms with Crippen molar-refractivity contribution in [2.75, 3.05) is 6.54 Å². The molecule has 3 unspecified atom stereocenters.